The molecule has 10 heteroatoms. The van der Waals surface area contributed by atoms with Crippen LogP contribution >= 0.6 is 11.3 Å². The maximum absolute atomic E-state index is 10.6. The molecule has 0 aliphatic heterocycles. The second-order valence-corrected chi connectivity index (χ2v) is 6.03. The van der Waals surface area contributed by atoms with Gasteiger partial charge in [0.25, 0.3) is 5.69 Å². The van der Waals surface area contributed by atoms with Crippen molar-refractivity contribution >= 4 is 22.0 Å². The summed E-state index contributed by atoms with van der Waals surface area (Å²) in [6.07, 6.45) is 3.36. The first kappa shape index (κ1) is 15.1. The Morgan fingerprint density at radius 3 is 2.60 bits per heavy atom. The van der Waals surface area contributed by atoms with Gasteiger partial charge in [0.1, 0.15) is 12.4 Å². The van der Waals surface area contributed by atoms with Gasteiger partial charge in [0, 0.05) is 30.1 Å². The normalized spacial score (nSPS) is 10.9. The van der Waals surface area contributed by atoms with E-state index in [0.717, 1.165) is 10.6 Å². The second-order valence-electron chi connectivity index (χ2n) is 4.99. The number of rotatable bonds is 5. The molecule has 124 valence electrons. The molecule has 4 aromatic rings. The van der Waals surface area contributed by atoms with Crippen LogP contribution in [-0.4, -0.2) is 29.7 Å². The molecule has 0 unspecified atom stereocenters. The number of hydrogen-bond acceptors (Lipinski definition) is 8. The third-order valence-electron chi connectivity index (χ3n) is 3.38. The minimum absolute atomic E-state index is 0.0214. The summed E-state index contributed by atoms with van der Waals surface area (Å²) in [5.74, 6) is 1.17. The highest BCUT2D eigenvalue weighted by atomic mass is 32.1. The van der Waals surface area contributed by atoms with Crippen molar-refractivity contribution in [3.63, 3.8) is 0 Å². The van der Waals surface area contributed by atoms with E-state index in [4.69, 9.17) is 4.74 Å². The zero-order valence-electron chi connectivity index (χ0n) is 12.6. The van der Waals surface area contributed by atoms with E-state index in [2.05, 4.69) is 20.3 Å². The van der Waals surface area contributed by atoms with E-state index in [1.807, 2.05) is 12.1 Å². The van der Waals surface area contributed by atoms with Crippen molar-refractivity contribution in [2.24, 2.45) is 0 Å². The summed E-state index contributed by atoms with van der Waals surface area (Å²) in [5.41, 5.74) is 0.892. The molecule has 9 nitrogen and oxygen atoms in total. The van der Waals surface area contributed by atoms with Gasteiger partial charge in [-0.25, -0.2) is 0 Å². The van der Waals surface area contributed by atoms with Crippen LogP contribution in [0, 0.1) is 10.1 Å². The molecule has 3 aromatic heterocycles. The maximum Gasteiger partial charge on any atom is 0.269 e. The lowest BCUT2D eigenvalue weighted by molar-refractivity contribution is -0.384. The average molecular weight is 354 g/mol. The third-order valence-corrected chi connectivity index (χ3v) is 4.25. The molecule has 0 radical (unpaired) electrons. The highest BCUT2D eigenvalue weighted by Crippen LogP contribution is 2.23. The largest absolute Gasteiger partial charge is 0.486 e. The van der Waals surface area contributed by atoms with Gasteiger partial charge in [-0.3, -0.25) is 15.1 Å². The molecule has 0 aliphatic carbocycles. The van der Waals surface area contributed by atoms with Crippen LogP contribution < -0.4 is 4.74 Å². The van der Waals surface area contributed by atoms with E-state index in [1.165, 1.54) is 23.5 Å². The van der Waals surface area contributed by atoms with Gasteiger partial charge in [-0.2, -0.15) is 9.61 Å². The first-order valence-electron chi connectivity index (χ1n) is 7.19. The average Bonchev–Trinajstić information content (AvgIpc) is 3.21. The zero-order chi connectivity index (χ0) is 17.2. The monoisotopic (exact) mass is 354 g/mol. The summed E-state index contributed by atoms with van der Waals surface area (Å²) in [6, 6.07) is 9.58. The highest BCUT2D eigenvalue weighted by Gasteiger charge is 2.13. The fraction of sp³-hybridized carbons (Fsp3) is 0.0667. The first-order valence-corrected chi connectivity index (χ1v) is 8.01. The molecule has 0 saturated carbocycles. The Bertz CT molecular complexity index is 1030. The predicted molar refractivity (Wildman–Crippen MR) is 89.3 cm³/mol. The predicted octanol–water partition coefficient (Wildman–Crippen LogP) is 2.74. The van der Waals surface area contributed by atoms with Gasteiger partial charge < -0.3 is 4.74 Å². The van der Waals surface area contributed by atoms with Crippen LogP contribution in [0.4, 0.5) is 5.69 Å². The topological polar surface area (TPSA) is 108 Å². The van der Waals surface area contributed by atoms with E-state index >= 15 is 0 Å². The Morgan fingerprint density at radius 1 is 1.12 bits per heavy atom. The standard InChI is InChI=1S/C15H10N6O3S/c22-21(23)11-1-3-12(4-2-11)24-9-13-19-20-14(17-18-15(20)25-13)10-5-7-16-8-6-10/h1-8H,9H2. The summed E-state index contributed by atoms with van der Waals surface area (Å²) in [4.78, 5) is 14.8. The Kier molecular flexibility index (Phi) is 3.78. The van der Waals surface area contributed by atoms with Crippen LogP contribution in [0.5, 0.6) is 5.75 Å². The van der Waals surface area contributed by atoms with E-state index in [0.29, 0.717) is 16.5 Å². The molecular weight excluding hydrogens is 344 g/mol. The number of aromatic nitrogens is 5. The van der Waals surface area contributed by atoms with Gasteiger partial charge in [0.05, 0.1) is 4.92 Å². The summed E-state index contributed by atoms with van der Waals surface area (Å²) in [7, 11) is 0. The summed E-state index contributed by atoms with van der Waals surface area (Å²) < 4.78 is 7.29. The molecule has 25 heavy (non-hydrogen) atoms. The lowest BCUT2D eigenvalue weighted by atomic mass is 10.2. The number of non-ortho nitro benzene ring substituents is 1. The van der Waals surface area contributed by atoms with Crippen LogP contribution in [0.3, 0.4) is 0 Å². The number of ether oxygens (including phenoxy) is 1. The molecule has 0 spiro atoms. The zero-order valence-corrected chi connectivity index (χ0v) is 13.5. The first-order chi connectivity index (χ1) is 12.2. The van der Waals surface area contributed by atoms with Crippen LogP contribution in [0.1, 0.15) is 5.01 Å². The maximum atomic E-state index is 10.6. The molecule has 0 bridgehead atoms. The number of nitrogens with zero attached hydrogens (tertiary/aromatic N) is 6. The lowest BCUT2D eigenvalue weighted by Gasteiger charge is -2.02. The molecular formula is C15H10N6O3S. The van der Waals surface area contributed by atoms with Crippen LogP contribution in [0.25, 0.3) is 16.3 Å². The highest BCUT2D eigenvalue weighted by molar-refractivity contribution is 7.16. The third kappa shape index (κ3) is 3.02. The number of nitro benzene ring substituents is 1. The van der Waals surface area contributed by atoms with Gasteiger partial charge in [-0.1, -0.05) is 11.3 Å². The Morgan fingerprint density at radius 2 is 1.88 bits per heavy atom. The van der Waals surface area contributed by atoms with E-state index in [9.17, 15) is 10.1 Å². The number of fused-ring (bicyclic) bond motifs is 1. The van der Waals surface area contributed by atoms with Gasteiger partial charge in [0.2, 0.25) is 4.96 Å². The number of pyridine rings is 1. The summed E-state index contributed by atoms with van der Waals surface area (Å²) in [5, 5.41) is 24.1. The lowest BCUT2D eigenvalue weighted by Crippen LogP contribution is -1.97. The smallest absolute Gasteiger partial charge is 0.269 e. The van der Waals surface area contributed by atoms with Gasteiger partial charge in [-0.05, 0) is 24.3 Å². The Labute approximate surface area is 144 Å². The summed E-state index contributed by atoms with van der Waals surface area (Å²) in [6.45, 7) is 0.238. The second kappa shape index (κ2) is 6.24. The van der Waals surface area contributed by atoms with Crippen molar-refractivity contribution in [3.05, 3.63) is 63.9 Å². The minimum Gasteiger partial charge on any atom is -0.486 e. The van der Waals surface area contributed by atoms with Crippen molar-refractivity contribution in [2.75, 3.05) is 0 Å². The molecule has 0 fully saturated rings. The molecule has 0 N–H and O–H groups in total. The van der Waals surface area contributed by atoms with Crippen LogP contribution in [0.15, 0.2) is 48.8 Å². The molecule has 1 aromatic carbocycles. The van der Waals surface area contributed by atoms with Crippen LogP contribution in [0.2, 0.25) is 0 Å². The van der Waals surface area contributed by atoms with Crippen molar-refractivity contribution < 1.29 is 9.66 Å². The SMILES string of the molecule is O=[N+]([O-])c1ccc(OCc2nn3c(-c4ccncc4)nnc3s2)cc1. The van der Waals surface area contributed by atoms with Crippen molar-refractivity contribution in [3.8, 4) is 17.1 Å². The molecule has 3 heterocycles. The van der Waals surface area contributed by atoms with Gasteiger partial charge in [0.15, 0.2) is 10.8 Å². The van der Waals surface area contributed by atoms with Crippen molar-refractivity contribution in [1.29, 1.82) is 0 Å². The molecule has 0 amide bonds. The van der Waals surface area contributed by atoms with E-state index in [-0.39, 0.29) is 12.3 Å². The molecule has 4 rings (SSSR count). The Balaban J connectivity index is 1.53. The fourth-order valence-electron chi connectivity index (χ4n) is 2.21. The molecule has 0 atom stereocenters. The number of benzene rings is 1. The van der Waals surface area contributed by atoms with E-state index < -0.39 is 4.92 Å². The van der Waals surface area contributed by atoms with Gasteiger partial charge >= 0.3 is 0 Å². The quantitative estimate of drug-likeness (QED) is 0.400. The number of hydrogen-bond donors (Lipinski definition) is 0. The van der Waals surface area contributed by atoms with E-state index in [1.54, 1.807) is 29.0 Å². The van der Waals surface area contributed by atoms with Crippen LogP contribution in [-0.2, 0) is 6.61 Å². The molecule has 0 saturated heterocycles. The van der Waals surface area contributed by atoms with Gasteiger partial charge in [-0.15, -0.1) is 10.2 Å². The van der Waals surface area contributed by atoms with Crippen molar-refractivity contribution in [1.82, 2.24) is 24.8 Å². The summed E-state index contributed by atoms with van der Waals surface area (Å²) >= 11 is 1.37. The molecule has 0 aliphatic rings. The minimum atomic E-state index is -0.451. The fourth-order valence-corrected chi connectivity index (χ4v) is 2.95. The number of nitro groups is 1. The Hall–Kier alpha value is -3.40. The van der Waals surface area contributed by atoms with Crippen molar-refractivity contribution in [2.45, 2.75) is 6.61 Å².